The van der Waals surface area contributed by atoms with Crippen LogP contribution in [0, 0.1) is 6.92 Å². The molecule has 0 saturated carbocycles. The number of nitrogens with one attached hydrogen (secondary N) is 1. The van der Waals surface area contributed by atoms with Crippen molar-refractivity contribution in [1.29, 1.82) is 0 Å². The van der Waals surface area contributed by atoms with Crippen LogP contribution in [0.15, 0.2) is 41.9 Å². The summed E-state index contributed by atoms with van der Waals surface area (Å²) in [5.41, 5.74) is 3.13. The minimum atomic E-state index is 0.178. The van der Waals surface area contributed by atoms with Crippen molar-refractivity contribution in [1.82, 2.24) is 9.97 Å². The van der Waals surface area contributed by atoms with Crippen molar-refractivity contribution in [3.8, 4) is 0 Å². The van der Waals surface area contributed by atoms with Crippen LogP contribution in [-0.4, -0.2) is 9.97 Å². The second-order valence-corrected chi connectivity index (χ2v) is 5.60. The van der Waals surface area contributed by atoms with Gasteiger partial charge in [-0.15, -0.1) is 11.3 Å². The smallest absolute Gasteiger partial charge is 0.0933 e. The molecule has 0 fully saturated rings. The van der Waals surface area contributed by atoms with E-state index in [4.69, 9.17) is 0 Å². The highest BCUT2D eigenvalue weighted by Crippen LogP contribution is 2.25. The zero-order valence-electron chi connectivity index (χ0n) is 10.9. The fourth-order valence-corrected chi connectivity index (χ4v) is 2.81. The lowest BCUT2D eigenvalue weighted by Gasteiger charge is -2.14. The summed E-state index contributed by atoms with van der Waals surface area (Å²) < 4.78 is 0. The Morgan fingerprint density at radius 3 is 2.84 bits per heavy atom. The summed E-state index contributed by atoms with van der Waals surface area (Å²) in [5.74, 6) is 0. The van der Waals surface area contributed by atoms with E-state index in [1.807, 2.05) is 25.3 Å². The molecule has 4 heteroatoms. The molecule has 1 N–H and O–H groups in total. The van der Waals surface area contributed by atoms with E-state index in [1.54, 1.807) is 11.3 Å². The molecular formula is C15H15N3S. The first-order valence-corrected chi connectivity index (χ1v) is 7.14. The van der Waals surface area contributed by atoms with Gasteiger partial charge in [0, 0.05) is 17.0 Å². The van der Waals surface area contributed by atoms with Crippen LogP contribution in [0.2, 0.25) is 0 Å². The van der Waals surface area contributed by atoms with E-state index in [0.29, 0.717) is 0 Å². The minimum Gasteiger partial charge on any atom is -0.375 e. The number of para-hydroxylation sites is 1. The summed E-state index contributed by atoms with van der Waals surface area (Å²) in [6.07, 6.45) is 1.82. The van der Waals surface area contributed by atoms with E-state index < -0.39 is 0 Å². The third-order valence-electron chi connectivity index (χ3n) is 3.09. The molecule has 0 radical (unpaired) electrons. The van der Waals surface area contributed by atoms with Crippen LogP contribution in [0.4, 0.5) is 5.69 Å². The van der Waals surface area contributed by atoms with Crippen LogP contribution < -0.4 is 5.32 Å². The molecule has 2 heterocycles. The quantitative estimate of drug-likeness (QED) is 0.775. The number of hydrogen-bond acceptors (Lipinski definition) is 4. The van der Waals surface area contributed by atoms with Crippen molar-refractivity contribution in [2.75, 3.05) is 5.32 Å². The second-order valence-electron chi connectivity index (χ2n) is 4.54. The lowest BCUT2D eigenvalue weighted by atomic mass is 10.1. The fraction of sp³-hybridized carbons (Fsp3) is 0.200. The first-order valence-electron chi connectivity index (χ1n) is 6.26. The summed E-state index contributed by atoms with van der Waals surface area (Å²) in [5, 5.41) is 7.84. The third-order valence-corrected chi connectivity index (χ3v) is 3.88. The molecule has 19 heavy (non-hydrogen) atoms. The van der Waals surface area contributed by atoms with Gasteiger partial charge in [0.05, 0.1) is 27.9 Å². The van der Waals surface area contributed by atoms with Crippen molar-refractivity contribution in [3.63, 3.8) is 0 Å². The molecule has 0 bridgehead atoms. The molecule has 2 aromatic heterocycles. The van der Waals surface area contributed by atoms with Crippen LogP contribution in [0.3, 0.4) is 0 Å². The molecule has 3 nitrogen and oxygen atoms in total. The second kappa shape index (κ2) is 4.97. The van der Waals surface area contributed by atoms with Gasteiger partial charge >= 0.3 is 0 Å². The Kier molecular flexibility index (Phi) is 3.17. The maximum atomic E-state index is 4.52. The molecule has 1 unspecified atom stereocenters. The highest BCUT2D eigenvalue weighted by atomic mass is 32.1. The largest absolute Gasteiger partial charge is 0.375 e. The molecule has 0 saturated heterocycles. The average Bonchev–Trinajstić information content (AvgIpc) is 2.86. The summed E-state index contributed by atoms with van der Waals surface area (Å²) in [4.78, 5) is 8.98. The van der Waals surface area contributed by atoms with Gasteiger partial charge in [0.2, 0.25) is 0 Å². The van der Waals surface area contributed by atoms with Crippen LogP contribution in [0.25, 0.3) is 10.9 Å². The fourth-order valence-electron chi connectivity index (χ4n) is 2.11. The van der Waals surface area contributed by atoms with Crippen LogP contribution in [-0.2, 0) is 0 Å². The molecule has 0 aliphatic carbocycles. The first-order chi connectivity index (χ1) is 9.24. The maximum absolute atomic E-state index is 4.52. The van der Waals surface area contributed by atoms with E-state index in [0.717, 1.165) is 27.3 Å². The molecular weight excluding hydrogens is 254 g/mol. The number of benzene rings is 1. The molecule has 0 amide bonds. The highest BCUT2D eigenvalue weighted by Gasteiger charge is 2.10. The Balaban J connectivity index is 1.93. The first kappa shape index (κ1) is 12.1. The van der Waals surface area contributed by atoms with Crippen molar-refractivity contribution < 1.29 is 0 Å². The van der Waals surface area contributed by atoms with E-state index in [-0.39, 0.29) is 6.04 Å². The Morgan fingerprint density at radius 2 is 2.05 bits per heavy atom. The number of aryl methyl sites for hydroxylation is 1. The minimum absolute atomic E-state index is 0.178. The standard InChI is InChI=1S/C15H15N3S/c1-10(14-9-19-11(2)18-14)17-13-7-3-5-12-6-4-8-16-15(12)13/h3-10,17H,1-2H3. The normalized spacial score (nSPS) is 12.5. The molecule has 0 aliphatic heterocycles. The summed E-state index contributed by atoms with van der Waals surface area (Å²) >= 11 is 1.68. The van der Waals surface area contributed by atoms with Gasteiger partial charge < -0.3 is 5.32 Å². The molecule has 1 aromatic carbocycles. The van der Waals surface area contributed by atoms with Gasteiger partial charge in [-0.2, -0.15) is 0 Å². The van der Waals surface area contributed by atoms with Crippen molar-refractivity contribution >= 4 is 27.9 Å². The van der Waals surface area contributed by atoms with E-state index in [9.17, 15) is 0 Å². The number of hydrogen-bond donors (Lipinski definition) is 1. The van der Waals surface area contributed by atoms with Gasteiger partial charge in [0.25, 0.3) is 0 Å². The highest BCUT2D eigenvalue weighted by molar-refractivity contribution is 7.09. The van der Waals surface area contributed by atoms with E-state index >= 15 is 0 Å². The Labute approximate surface area is 116 Å². The summed E-state index contributed by atoms with van der Waals surface area (Å²) in [6, 6.07) is 10.4. The van der Waals surface area contributed by atoms with Gasteiger partial charge in [-0.1, -0.05) is 18.2 Å². The molecule has 0 aliphatic rings. The van der Waals surface area contributed by atoms with Gasteiger partial charge in [0.1, 0.15) is 0 Å². The molecule has 96 valence electrons. The number of thiazole rings is 1. The zero-order valence-corrected chi connectivity index (χ0v) is 11.7. The molecule has 3 rings (SSSR count). The molecule has 3 aromatic rings. The van der Waals surface area contributed by atoms with Gasteiger partial charge in [-0.3, -0.25) is 4.98 Å². The lowest BCUT2D eigenvalue weighted by Crippen LogP contribution is -2.07. The van der Waals surface area contributed by atoms with Crippen LogP contribution in [0.1, 0.15) is 23.7 Å². The lowest BCUT2D eigenvalue weighted by molar-refractivity contribution is 0.846. The van der Waals surface area contributed by atoms with Crippen molar-refractivity contribution in [2.45, 2.75) is 19.9 Å². The zero-order chi connectivity index (χ0) is 13.2. The molecule has 1 atom stereocenters. The van der Waals surface area contributed by atoms with E-state index in [1.165, 1.54) is 0 Å². The maximum Gasteiger partial charge on any atom is 0.0933 e. The number of aromatic nitrogens is 2. The number of anilines is 1. The topological polar surface area (TPSA) is 37.8 Å². The average molecular weight is 269 g/mol. The monoisotopic (exact) mass is 269 g/mol. The Bertz CT molecular complexity index is 700. The predicted molar refractivity (Wildman–Crippen MR) is 80.6 cm³/mol. The number of pyridine rings is 1. The third kappa shape index (κ3) is 2.44. The summed E-state index contributed by atoms with van der Waals surface area (Å²) in [7, 11) is 0. The van der Waals surface area contributed by atoms with E-state index in [2.05, 4.69) is 45.8 Å². The predicted octanol–water partition coefficient (Wildman–Crippen LogP) is 4.17. The number of nitrogens with zero attached hydrogens (tertiary/aromatic N) is 2. The van der Waals surface area contributed by atoms with Crippen LogP contribution in [0.5, 0.6) is 0 Å². The number of fused-ring (bicyclic) bond motifs is 1. The SMILES string of the molecule is Cc1nc(C(C)Nc2cccc3cccnc23)cs1. The van der Waals surface area contributed by atoms with Gasteiger partial charge in [-0.25, -0.2) is 4.98 Å². The molecule has 0 spiro atoms. The van der Waals surface area contributed by atoms with Crippen LogP contribution >= 0.6 is 11.3 Å². The van der Waals surface area contributed by atoms with Crippen molar-refractivity contribution in [2.24, 2.45) is 0 Å². The van der Waals surface area contributed by atoms with Gasteiger partial charge in [-0.05, 0) is 26.0 Å². The Morgan fingerprint density at radius 1 is 1.21 bits per heavy atom. The number of rotatable bonds is 3. The van der Waals surface area contributed by atoms with Gasteiger partial charge in [0.15, 0.2) is 0 Å². The van der Waals surface area contributed by atoms with Crippen molar-refractivity contribution in [3.05, 3.63) is 52.6 Å². The Hall–Kier alpha value is -1.94. The summed E-state index contributed by atoms with van der Waals surface area (Å²) in [6.45, 7) is 4.15.